The number of hydrogen-bond acceptors (Lipinski definition) is 2. The predicted molar refractivity (Wildman–Crippen MR) is 83.9 cm³/mol. The zero-order valence-electron chi connectivity index (χ0n) is 11.7. The van der Waals surface area contributed by atoms with E-state index in [9.17, 15) is 9.00 Å². The summed E-state index contributed by atoms with van der Waals surface area (Å²) in [6.45, 7) is 1.92. The number of benzene rings is 1. The second-order valence-electron chi connectivity index (χ2n) is 5.08. The number of urea groups is 1. The normalized spacial score (nSPS) is 22.4. The van der Waals surface area contributed by atoms with Crippen LogP contribution >= 0.6 is 11.6 Å². The standard InChI is InChI=1S/C14H19ClN2O2S/c1-10-3-4-11(9-13(10)15)16-14(18)17(2)12-5-7-20(19)8-6-12/h3-4,9,12H,5-8H2,1-2H3,(H,16,18). The van der Waals surface area contributed by atoms with Crippen molar-refractivity contribution in [3.05, 3.63) is 28.8 Å². The Balaban J connectivity index is 1.96. The molecule has 1 saturated heterocycles. The van der Waals surface area contributed by atoms with Crippen LogP contribution < -0.4 is 5.32 Å². The smallest absolute Gasteiger partial charge is 0.321 e. The van der Waals surface area contributed by atoms with Gasteiger partial charge < -0.3 is 10.2 Å². The molecule has 1 aliphatic rings. The number of nitrogens with zero attached hydrogens (tertiary/aromatic N) is 1. The van der Waals surface area contributed by atoms with Crippen LogP contribution in [-0.4, -0.2) is 39.7 Å². The molecule has 2 rings (SSSR count). The second-order valence-corrected chi connectivity index (χ2v) is 7.19. The molecule has 1 aromatic carbocycles. The maximum atomic E-state index is 12.2. The van der Waals surface area contributed by atoms with Gasteiger partial charge in [-0.05, 0) is 37.5 Å². The largest absolute Gasteiger partial charge is 0.325 e. The average molecular weight is 315 g/mol. The molecule has 0 atom stereocenters. The van der Waals surface area contributed by atoms with Crippen molar-refractivity contribution in [2.45, 2.75) is 25.8 Å². The highest BCUT2D eigenvalue weighted by atomic mass is 35.5. The van der Waals surface area contributed by atoms with Crippen molar-refractivity contribution < 1.29 is 9.00 Å². The van der Waals surface area contributed by atoms with Crippen molar-refractivity contribution in [2.24, 2.45) is 0 Å². The minimum absolute atomic E-state index is 0.150. The summed E-state index contributed by atoms with van der Waals surface area (Å²) < 4.78 is 11.3. The molecule has 0 bridgehead atoms. The molecule has 110 valence electrons. The number of carbonyl (C=O) groups excluding carboxylic acids is 1. The Morgan fingerprint density at radius 3 is 2.65 bits per heavy atom. The van der Waals surface area contributed by atoms with Gasteiger partial charge in [0.1, 0.15) is 0 Å². The minimum atomic E-state index is -0.710. The molecule has 0 radical (unpaired) electrons. The van der Waals surface area contributed by atoms with Crippen LogP contribution in [-0.2, 0) is 10.8 Å². The van der Waals surface area contributed by atoms with Crippen LogP contribution in [0.1, 0.15) is 18.4 Å². The summed E-state index contributed by atoms with van der Waals surface area (Å²) in [7, 11) is 1.07. The Bertz CT molecular complexity index is 526. The van der Waals surface area contributed by atoms with Gasteiger partial charge in [-0.25, -0.2) is 4.79 Å². The van der Waals surface area contributed by atoms with E-state index in [1.807, 2.05) is 19.1 Å². The molecular weight excluding hydrogens is 296 g/mol. The first-order valence-electron chi connectivity index (χ1n) is 6.62. The molecule has 1 heterocycles. The van der Waals surface area contributed by atoms with E-state index in [0.717, 1.165) is 18.4 Å². The maximum absolute atomic E-state index is 12.2. The molecular formula is C14H19ClN2O2S. The lowest BCUT2D eigenvalue weighted by molar-refractivity contribution is 0.199. The number of amides is 2. The molecule has 6 heteroatoms. The van der Waals surface area contributed by atoms with Crippen LogP contribution in [0.4, 0.5) is 10.5 Å². The molecule has 20 heavy (non-hydrogen) atoms. The Morgan fingerprint density at radius 2 is 2.05 bits per heavy atom. The van der Waals surface area contributed by atoms with Gasteiger partial charge in [0.25, 0.3) is 0 Å². The number of nitrogens with one attached hydrogen (secondary N) is 1. The quantitative estimate of drug-likeness (QED) is 0.912. The van der Waals surface area contributed by atoms with Crippen LogP contribution in [0.25, 0.3) is 0 Å². The van der Waals surface area contributed by atoms with E-state index < -0.39 is 10.8 Å². The Morgan fingerprint density at radius 1 is 1.40 bits per heavy atom. The molecule has 0 unspecified atom stereocenters. The maximum Gasteiger partial charge on any atom is 0.321 e. The van der Waals surface area contributed by atoms with E-state index in [-0.39, 0.29) is 12.1 Å². The van der Waals surface area contributed by atoms with Gasteiger partial charge in [-0.1, -0.05) is 17.7 Å². The van der Waals surface area contributed by atoms with E-state index >= 15 is 0 Å². The summed E-state index contributed by atoms with van der Waals surface area (Å²) >= 11 is 6.04. The second kappa shape index (κ2) is 6.59. The molecule has 4 nitrogen and oxygen atoms in total. The van der Waals surface area contributed by atoms with Crippen molar-refractivity contribution in [2.75, 3.05) is 23.9 Å². The number of anilines is 1. The highest BCUT2D eigenvalue weighted by Gasteiger charge is 2.24. The lowest BCUT2D eigenvalue weighted by Gasteiger charge is -2.31. The fourth-order valence-electron chi connectivity index (χ4n) is 2.22. The van der Waals surface area contributed by atoms with E-state index in [2.05, 4.69) is 5.32 Å². The van der Waals surface area contributed by atoms with Crippen LogP contribution in [0, 0.1) is 6.92 Å². The third kappa shape index (κ3) is 3.73. The average Bonchev–Trinajstić information content (AvgIpc) is 2.43. The topological polar surface area (TPSA) is 49.4 Å². The molecule has 0 aromatic heterocycles. The Kier molecular flexibility index (Phi) is 5.05. The van der Waals surface area contributed by atoms with Gasteiger partial charge in [0.15, 0.2) is 0 Å². The van der Waals surface area contributed by atoms with Crippen LogP contribution in [0.15, 0.2) is 18.2 Å². The van der Waals surface area contributed by atoms with E-state index in [0.29, 0.717) is 22.2 Å². The van der Waals surface area contributed by atoms with Gasteiger partial charge >= 0.3 is 6.03 Å². The summed E-state index contributed by atoms with van der Waals surface area (Å²) in [6.07, 6.45) is 1.59. The fraction of sp³-hybridized carbons (Fsp3) is 0.500. The molecule has 2 amide bonds. The van der Waals surface area contributed by atoms with Gasteiger partial charge in [0.05, 0.1) is 0 Å². The third-order valence-electron chi connectivity index (χ3n) is 3.65. The molecule has 0 saturated carbocycles. The molecule has 1 aliphatic heterocycles. The lowest BCUT2D eigenvalue weighted by Crippen LogP contribution is -2.43. The predicted octanol–water partition coefficient (Wildman–Crippen LogP) is 3.02. The molecule has 0 aliphatic carbocycles. The lowest BCUT2D eigenvalue weighted by atomic mass is 10.1. The van der Waals surface area contributed by atoms with Gasteiger partial charge in [0.2, 0.25) is 0 Å². The summed E-state index contributed by atoms with van der Waals surface area (Å²) in [6, 6.07) is 5.47. The van der Waals surface area contributed by atoms with Crippen molar-refractivity contribution in [1.29, 1.82) is 0 Å². The fourth-order valence-corrected chi connectivity index (χ4v) is 3.67. The first-order valence-corrected chi connectivity index (χ1v) is 8.49. The van der Waals surface area contributed by atoms with Crippen LogP contribution in [0.2, 0.25) is 5.02 Å². The highest BCUT2D eigenvalue weighted by Crippen LogP contribution is 2.21. The number of hydrogen-bond donors (Lipinski definition) is 1. The van der Waals surface area contributed by atoms with E-state index in [4.69, 9.17) is 11.6 Å². The Hall–Kier alpha value is -1.07. The van der Waals surface area contributed by atoms with E-state index in [1.54, 1.807) is 18.0 Å². The number of halogens is 1. The van der Waals surface area contributed by atoms with Crippen molar-refractivity contribution in [3.63, 3.8) is 0 Å². The molecule has 0 spiro atoms. The van der Waals surface area contributed by atoms with Gasteiger partial charge in [0, 0.05) is 46.1 Å². The first kappa shape index (κ1) is 15.3. The highest BCUT2D eigenvalue weighted by molar-refractivity contribution is 7.85. The summed E-state index contributed by atoms with van der Waals surface area (Å²) in [4.78, 5) is 13.9. The number of carbonyl (C=O) groups is 1. The van der Waals surface area contributed by atoms with Crippen molar-refractivity contribution >= 4 is 34.1 Å². The molecule has 1 N–H and O–H groups in total. The number of rotatable bonds is 2. The van der Waals surface area contributed by atoms with Crippen LogP contribution in [0.5, 0.6) is 0 Å². The SMILES string of the molecule is Cc1ccc(NC(=O)N(C)C2CCS(=O)CC2)cc1Cl. The molecule has 1 fully saturated rings. The zero-order valence-corrected chi connectivity index (χ0v) is 13.3. The number of aryl methyl sites for hydroxylation is 1. The van der Waals surface area contributed by atoms with Gasteiger partial charge in [-0.2, -0.15) is 0 Å². The zero-order chi connectivity index (χ0) is 14.7. The summed E-state index contributed by atoms with van der Waals surface area (Å²) in [5, 5.41) is 3.48. The minimum Gasteiger partial charge on any atom is -0.325 e. The van der Waals surface area contributed by atoms with Crippen molar-refractivity contribution in [1.82, 2.24) is 4.90 Å². The van der Waals surface area contributed by atoms with Crippen LogP contribution in [0.3, 0.4) is 0 Å². The van der Waals surface area contributed by atoms with Gasteiger partial charge in [-0.15, -0.1) is 0 Å². The summed E-state index contributed by atoms with van der Waals surface area (Å²) in [5.41, 5.74) is 1.67. The van der Waals surface area contributed by atoms with Crippen molar-refractivity contribution in [3.8, 4) is 0 Å². The summed E-state index contributed by atoms with van der Waals surface area (Å²) in [5.74, 6) is 1.36. The third-order valence-corrected chi connectivity index (χ3v) is 5.44. The first-order chi connectivity index (χ1) is 9.47. The molecule has 1 aromatic rings. The monoisotopic (exact) mass is 314 g/mol. The van der Waals surface area contributed by atoms with Gasteiger partial charge in [-0.3, -0.25) is 4.21 Å². The Labute approximate surface area is 126 Å². The van der Waals surface area contributed by atoms with E-state index in [1.165, 1.54) is 0 Å².